The van der Waals surface area contributed by atoms with Crippen LogP contribution in [0.3, 0.4) is 0 Å². The van der Waals surface area contributed by atoms with Crippen molar-refractivity contribution in [2.45, 2.75) is 19.0 Å². The average Bonchev–Trinajstić information content (AvgIpc) is 2.18. The molecule has 0 aliphatic carbocycles. The molecule has 0 bridgehead atoms. The number of methoxy groups -OCH3 is 1. The molecule has 16 heavy (non-hydrogen) atoms. The predicted molar refractivity (Wildman–Crippen MR) is 56.9 cm³/mol. The molecule has 0 spiro atoms. The maximum absolute atomic E-state index is 12.5. The minimum Gasteiger partial charge on any atom is -0.495 e. The van der Waals surface area contributed by atoms with Crippen LogP contribution in [0, 0.1) is 0 Å². The van der Waals surface area contributed by atoms with E-state index in [9.17, 15) is 13.2 Å². The van der Waals surface area contributed by atoms with Crippen LogP contribution in [0.2, 0.25) is 5.02 Å². The van der Waals surface area contributed by atoms with Gasteiger partial charge >= 0.3 is 6.18 Å². The summed E-state index contributed by atoms with van der Waals surface area (Å²) in [7, 11) is 1.37. The number of halogens is 4. The van der Waals surface area contributed by atoms with Gasteiger partial charge in [-0.25, -0.2) is 0 Å². The summed E-state index contributed by atoms with van der Waals surface area (Å²) in [5, 5.41) is -0.00382. The molecule has 0 amide bonds. The number of benzene rings is 1. The van der Waals surface area contributed by atoms with Gasteiger partial charge in [-0.2, -0.15) is 13.2 Å². The van der Waals surface area contributed by atoms with Crippen LogP contribution in [0.4, 0.5) is 18.9 Å². The van der Waals surface area contributed by atoms with Crippen LogP contribution in [0.5, 0.6) is 5.75 Å². The van der Waals surface area contributed by atoms with E-state index in [0.717, 1.165) is 6.92 Å². The van der Waals surface area contributed by atoms with Gasteiger partial charge in [-0.15, -0.1) is 0 Å². The fourth-order valence-electron chi connectivity index (χ4n) is 1.27. The van der Waals surface area contributed by atoms with E-state index in [-0.39, 0.29) is 22.0 Å². The molecule has 1 atom stereocenters. The minimum absolute atomic E-state index is 0.00382. The lowest BCUT2D eigenvalue weighted by Crippen LogP contribution is -2.18. The highest BCUT2D eigenvalue weighted by molar-refractivity contribution is 6.31. The topological polar surface area (TPSA) is 35.2 Å². The van der Waals surface area contributed by atoms with E-state index >= 15 is 0 Å². The number of nitrogens with two attached hydrogens (primary N) is 1. The monoisotopic (exact) mass is 253 g/mol. The highest BCUT2D eigenvalue weighted by atomic mass is 35.5. The standard InChI is InChI=1S/C10H11ClF3NO/c1-5(10(12,13)14)6-3-8(15)9(16-2)4-7(6)11/h3-5H,15H2,1-2H3. The Morgan fingerprint density at radius 2 is 1.94 bits per heavy atom. The number of hydrogen-bond acceptors (Lipinski definition) is 2. The molecule has 1 unspecified atom stereocenters. The average molecular weight is 254 g/mol. The van der Waals surface area contributed by atoms with Crippen LogP contribution in [0.15, 0.2) is 12.1 Å². The van der Waals surface area contributed by atoms with Crippen molar-refractivity contribution in [3.8, 4) is 5.75 Å². The third-order valence-electron chi connectivity index (χ3n) is 2.31. The Labute approximate surface area is 96.1 Å². The predicted octanol–water partition coefficient (Wildman–Crippen LogP) is 3.60. The molecule has 2 N–H and O–H groups in total. The van der Waals surface area contributed by atoms with Crippen LogP contribution >= 0.6 is 11.6 Å². The second kappa shape index (κ2) is 4.41. The fourth-order valence-corrected chi connectivity index (χ4v) is 1.59. The van der Waals surface area contributed by atoms with Gasteiger partial charge in [-0.1, -0.05) is 11.6 Å². The van der Waals surface area contributed by atoms with Crippen LogP contribution in [-0.4, -0.2) is 13.3 Å². The lowest BCUT2D eigenvalue weighted by Gasteiger charge is -2.18. The first-order valence-corrected chi connectivity index (χ1v) is 4.84. The lowest BCUT2D eigenvalue weighted by atomic mass is 10.00. The molecule has 0 heterocycles. The van der Waals surface area contributed by atoms with E-state index in [1.165, 1.54) is 19.2 Å². The summed E-state index contributed by atoms with van der Waals surface area (Å²) in [5.41, 5.74) is 5.62. The van der Waals surface area contributed by atoms with Gasteiger partial charge in [0.05, 0.1) is 18.7 Å². The number of anilines is 1. The molecule has 1 rings (SSSR count). The first-order valence-electron chi connectivity index (χ1n) is 4.47. The molecule has 1 aromatic carbocycles. The van der Waals surface area contributed by atoms with Gasteiger partial charge in [0.25, 0.3) is 0 Å². The normalized spacial score (nSPS) is 13.6. The summed E-state index contributed by atoms with van der Waals surface area (Å²) in [6, 6.07) is 2.48. The van der Waals surface area contributed by atoms with Crippen LogP contribution in [-0.2, 0) is 0 Å². The molecule has 0 aliphatic heterocycles. The summed E-state index contributed by atoms with van der Waals surface area (Å²) >= 11 is 5.75. The summed E-state index contributed by atoms with van der Waals surface area (Å²) in [6.07, 6.45) is -4.34. The molecule has 1 aromatic rings. The number of alkyl halides is 3. The van der Waals surface area contributed by atoms with Crippen molar-refractivity contribution < 1.29 is 17.9 Å². The van der Waals surface area contributed by atoms with Crippen molar-refractivity contribution >= 4 is 17.3 Å². The van der Waals surface area contributed by atoms with Crippen LogP contribution in [0.25, 0.3) is 0 Å². The Bertz CT molecular complexity index is 392. The molecule has 0 fully saturated rings. The van der Waals surface area contributed by atoms with Crippen molar-refractivity contribution in [1.29, 1.82) is 0 Å². The number of hydrogen-bond donors (Lipinski definition) is 1. The second-order valence-corrected chi connectivity index (χ2v) is 3.79. The quantitative estimate of drug-likeness (QED) is 0.818. The highest BCUT2D eigenvalue weighted by Gasteiger charge is 2.38. The van der Waals surface area contributed by atoms with Gasteiger partial charge in [0.1, 0.15) is 5.75 Å². The molecule has 0 radical (unpaired) electrons. The van der Waals surface area contributed by atoms with Crippen molar-refractivity contribution in [2.75, 3.05) is 12.8 Å². The Balaban J connectivity index is 3.21. The van der Waals surface area contributed by atoms with E-state index in [4.69, 9.17) is 22.1 Å². The molecule has 0 aromatic heterocycles. The van der Waals surface area contributed by atoms with E-state index in [0.29, 0.717) is 0 Å². The number of ether oxygens (including phenoxy) is 1. The van der Waals surface area contributed by atoms with Crippen molar-refractivity contribution in [3.63, 3.8) is 0 Å². The number of rotatable bonds is 2. The molecule has 6 heteroatoms. The Morgan fingerprint density at radius 1 is 1.38 bits per heavy atom. The summed E-state index contributed by atoms with van der Waals surface area (Å²) in [5.74, 6) is -1.39. The molecular weight excluding hydrogens is 243 g/mol. The number of nitrogen functional groups attached to an aromatic ring is 1. The minimum atomic E-state index is -4.34. The maximum atomic E-state index is 12.5. The van der Waals surface area contributed by atoms with Gasteiger partial charge in [-0.05, 0) is 18.6 Å². The first kappa shape index (κ1) is 13.0. The van der Waals surface area contributed by atoms with E-state index in [1.54, 1.807) is 0 Å². The molecular formula is C10H11ClF3NO. The Morgan fingerprint density at radius 3 is 2.38 bits per heavy atom. The Hall–Kier alpha value is -1.10. The molecule has 0 aliphatic rings. The van der Waals surface area contributed by atoms with Crippen LogP contribution < -0.4 is 10.5 Å². The fraction of sp³-hybridized carbons (Fsp3) is 0.400. The third kappa shape index (κ3) is 2.52. The van der Waals surface area contributed by atoms with Crippen LogP contribution in [0.1, 0.15) is 18.4 Å². The molecule has 2 nitrogen and oxygen atoms in total. The summed E-state index contributed by atoms with van der Waals surface area (Å²) < 4.78 is 42.4. The largest absolute Gasteiger partial charge is 0.495 e. The molecule has 0 saturated heterocycles. The third-order valence-corrected chi connectivity index (χ3v) is 2.63. The Kier molecular flexibility index (Phi) is 3.57. The second-order valence-electron chi connectivity index (χ2n) is 3.38. The first-order chi connectivity index (χ1) is 7.27. The highest BCUT2D eigenvalue weighted by Crippen LogP contribution is 2.40. The zero-order valence-corrected chi connectivity index (χ0v) is 9.49. The van der Waals surface area contributed by atoms with Crippen molar-refractivity contribution in [3.05, 3.63) is 22.7 Å². The van der Waals surface area contributed by atoms with Gasteiger partial charge in [0, 0.05) is 11.1 Å². The SMILES string of the molecule is COc1cc(Cl)c(C(C)C(F)(F)F)cc1N. The lowest BCUT2D eigenvalue weighted by molar-refractivity contribution is -0.146. The van der Waals surface area contributed by atoms with E-state index < -0.39 is 12.1 Å². The smallest absolute Gasteiger partial charge is 0.395 e. The molecule has 0 saturated carbocycles. The van der Waals surface area contributed by atoms with Crippen molar-refractivity contribution in [1.82, 2.24) is 0 Å². The zero-order valence-electron chi connectivity index (χ0n) is 8.73. The summed E-state index contributed by atoms with van der Waals surface area (Å²) in [4.78, 5) is 0. The molecule has 90 valence electrons. The van der Waals surface area contributed by atoms with Crippen molar-refractivity contribution in [2.24, 2.45) is 0 Å². The van der Waals surface area contributed by atoms with Gasteiger partial charge < -0.3 is 10.5 Å². The van der Waals surface area contributed by atoms with E-state index in [2.05, 4.69) is 0 Å². The summed E-state index contributed by atoms with van der Waals surface area (Å²) in [6.45, 7) is 1.03. The van der Waals surface area contributed by atoms with Gasteiger partial charge in [-0.3, -0.25) is 0 Å². The van der Waals surface area contributed by atoms with Gasteiger partial charge in [0.15, 0.2) is 0 Å². The maximum Gasteiger partial charge on any atom is 0.395 e. The van der Waals surface area contributed by atoms with E-state index in [1.807, 2.05) is 0 Å². The van der Waals surface area contributed by atoms with Gasteiger partial charge in [0.2, 0.25) is 0 Å². The zero-order chi connectivity index (χ0) is 12.5.